The summed E-state index contributed by atoms with van der Waals surface area (Å²) in [5.74, 6) is 0. The van der Waals surface area contributed by atoms with Crippen LogP contribution in [0.2, 0.25) is 0 Å². The van der Waals surface area contributed by atoms with E-state index in [4.69, 9.17) is 16.7 Å². The summed E-state index contributed by atoms with van der Waals surface area (Å²) >= 11 is 5.15. The largest absolute Gasteiger partial charge is 0.393 e. The zero-order chi connectivity index (χ0) is 5.70. The fourth-order valence-electron chi connectivity index (χ4n) is 0.248. The highest BCUT2D eigenvalue weighted by molar-refractivity contribution is 6.25. The first-order chi connectivity index (χ1) is 3.27. The lowest BCUT2D eigenvalue weighted by molar-refractivity contribution is 0.198. The second-order valence-corrected chi connectivity index (χ2v) is 1.70. The van der Waals surface area contributed by atoms with Crippen LogP contribution in [0.5, 0.6) is 0 Å². The third-order valence-corrected chi connectivity index (χ3v) is 0.744. The predicted octanol–water partition coefficient (Wildman–Crippen LogP) is 1.51. The summed E-state index contributed by atoms with van der Waals surface area (Å²) in [5, 5.41) is 8.57. The standard InChI is InChI=1S/C5H9ClO/c1-5(7)3-2-4-6/h2,4-5,7H,3H2,1H3/b4-2+. The Morgan fingerprint density at radius 3 is 2.57 bits per heavy atom. The normalized spacial score (nSPS) is 15.3. The summed E-state index contributed by atoms with van der Waals surface area (Å²) in [7, 11) is 0. The zero-order valence-corrected chi connectivity index (χ0v) is 5.02. The minimum Gasteiger partial charge on any atom is -0.393 e. The van der Waals surface area contributed by atoms with Crippen LogP contribution in [0.15, 0.2) is 11.6 Å². The van der Waals surface area contributed by atoms with Crippen LogP contribution in [0.25, 0.3) is 0 Å². The molecule has 0 saturated heterocycles. The van der Waals surface area contributed by atoms with Gasteiger partial charge in [0.15, 0.2) is 0 Å². The van der Waals surface area contributed by atoms with Gasteiger partial charge in [0.25, 0.3) is 0 Å². The van der Waals surface area contributed by atoms with Crippen molar-refractivity contribution in [2.75, 3.05) is 0 Å². The van der Waals surface area contributed by atoms with E-state index in [1.165, 1.54) is 5.54 Å². The van der Waals surface area contributed by atoms with Gasteiger partial charge in [-0.15, -0.1) is 0 Å². The van der Waals surface area contributed by atoms with Crippen molar-refractivity contribution in [1.29, 1.82) is 0 Å². The molecule has 0 radical (unpaired) electrons. The Morgan fingerprint density at radius 2 is 2.43 bits per heavy atom. The molecule has 0 rings (SSSR count). The fourth-order valence-corrected chi connectivity index (χ4v) is 0.351. The Kier molecular flexibility index (Phi) is 4.15. The molecule has 2 heteroatoms. The van der Waals surface area contributed by atoms with E-state index in [0.29, 0.717) is 6.42 Å². The van der Waals surface area contributed by atoms with Gasteiger partial charge in [0, 0.05) is 5.54 Å². The van der Waals surface area contributed by atoms with E-state index in [2.05, 4.69) is 0 Å². The van der Waals surface area contributed by atoms with Crippen molar-refractivity contribution in [3.05, 3.63) is 11.6 Å². The first-order valence-corrected chi connectivity index (χ1v) is 2.64. The molecule has 1 nitrogen and oxygen atoms in total. The second kappa shape index (κ2) is 4.16. The van der Waals surface area contributed by atoms with Gasteiger partial charge in [0.05, 0.1) is 6.10 Å². The molecule has 0 heterocycles. The maximum Gasteiger partial charge on any atom is 0.0546 e. The molecule has 42 valence electrons. The topological polar surface area (TPSA) is 20.2 Å². The van der Waals surface area contributed by atoms with E-state index in [-0.39, 0.29) is 6.10 Å². The number of halogens is 1. The molecule has 0 aliphatic rings. The van der Waals surface area contributed by atoms with Crippen LogP contribution in [0, 0.1) is 0 Å². The van der Waals surface area contributed by atoms with Crippen molar-refractivity contribution >= 4 is 11.6 Å². The molecule has 0 amide bonds. The number of hydrogen-bond donors (Lipinski definition) is 1. The number of hydrogen-bond acceptors (Lipinski definition) is 1. The van der Waals surface area contributed by atoms with Gasteiger partial charge in [0.1, 0.15) is 0 Å². The molecular formula is C5H9ClO. The summed E-state index contributed by atoms with van der Waals surface area (Å²) in [5.41, 5.74) is 1.41. The van der Waals surface area contributed by atoms with Gasteiger partial charge in [-0.3, -0.25) is 0 Å². The molecule has 0 aromatic rings. The first kappa shape index (κ1) is 6.99. The van der Waals surface area contributed by atoms with Crippen LogP contribution in [-0.2, 0) is 0 Å². The van der Waals surface area contributed by atoms with Crippen molar-refractivity contribution in [3.63, 3.8) is 0 Å². The number of rotatable bonds is 2. The summed E-state index contributed by atoms with van der Waals surface area (Å²) < 4.78 is 0. The summed E-state index contributed by atoms with van der Waals surface area (Å²) in [6, 6.07) is 0. The molecule has 1 N–H and O–H groups in total. The molecule has 0 bridgehead atoms. The molecule has 1 atom stereocenters. The Balaban J connectivity index is 2.97. The van der Waals surface area contributed by atoms with E-state index in [1.54, 1.807) is 13.0 Å². The highest BCUT2D eigenvalue weighted by Gasteiger charge is 1.85. The molecule has 0 aromatic carbocycles. The van der Waals surface area contributed by atoms with Crippen LogP contribution in [0.3, 0.4) is 0 Å². The Hall–Kier alpha value is -0.0100. The molecular weight excluding hydrogens is 112 g/mol. The third kappa shape index (κ3) is 5.99. The maximum absolute atomic E-state index is 8.57. The average Bonchev–Trinajstić information content (AvgIpc) is 1.61. The summed E-state index contributed by atoms with van der Waals surface area (Å²) in [4.78, 5) is 0. The van der Waals surface area contributed by atoms with Gasteiger partial charge in [-0.05, 0) is 13.3 Å². The molecule has 1 unspecified atom stereocenters. The van der Waals surface area contributed by atoms with Gasteiger partial charge >= 0.3 is 0 Å². The highest BCUT2D eigenvalue weighted by Crippen LogP contribution is 1.90. The van der Waals surface area contributed by atoms with E-state index < -0.39 is 0 Å². The van der Waals surface area contributed by atoms with Crippen LogP contribution in [0.1, 0.15) is 13.3 Å². The van der Waals surface area contributed by atoms with Crippen molar-refractivity contribution in [3.8, 4) is 0 Å². The third-order valence-electron chi connectivity index (χ3n) is 0.566. The van der Waals surface area contributed by atoms with Gasteiger partial charge < -0.3 is 5.11 Å². The summed E-state index contributed by atoms with van der Waals surface area (Å²) in [6.45, 7) is 1.72. The van der Waals surface area contributed by atoms with Gasteiger partial charge in [-0.1, -0.05) is 17.7 Å². The minimum atomic E-state index is -0.269. The lowest BCUT2D eigenvalue weighted by atomic mass is 10.3. The van der Waals surface area contributed by atoms with Gasteiger partial charge in [0.2, 0.25) is 0 Å². The minimum absolute atomic E-state index is 0.269. The average molecular weight is 121 g/mol. The second-order valence-electron chi connectivity index (χ2n) is 1.45. The van der Waals surface area contributed by atoms with Crippen LogP contribution in [-0.4, -0.2) is 11.2 Å². The van der Waals surface area contributed by atoms with Crippen LogP contribution < -0.4 is 0 Å². The van der Waals surface area contributed by atoms with Crippen molar-refractivity contribution in [2.45, 2.75) is 19.4 Å². The van der Waals surface area contributed by atoms with Crippen molar-refractivity contribution in [1.82, 2.24) is 0 Å². The Labute approximate surface area is 48.6 Å². The van der Waals surface area contributed by atoms with E-state index in [1.807, 2.05) is 0 Å². The van der Waals surface area contributed by atoms with Gasteiger partial charge in [-0.2, -0.15) is 0 Å². The number of aliphatic hydroxyl groups excluding tert-OH is 1. The Bertz CT molecular complexity index is 59.1. The molecule has 0 saturated carbocycles. The highest BCUT2D eigenvalue weighted by atomic mass is 35.5. The van der Waals surface area contributed by atoms with E-state index in [9.17, 15) is 0 Å². The molecule has 0 aromatic heterocycles. The lowest BCUT2D eigenvalue weighted by Gasteiger charge is -1.93. The van der Waals surface area contributed by atoms with Crippen molar-refractivity contribution in [2.24, 2.45) is 0 Å². The van der Waals surface area contributed by atoms with Crippen LogP contribution >= 0.6 is 11.6 Å². The van der Waals surface area contributed by atoms with Crippen LogP contribution in [0.4, 0.5) is 0 Å². The zero-order valence-electron chi connectivity index (χ0n) is 4.26. The quantitative estimate of drug-likeness (QED) is 0.586. The smallest absolute Gasteiger partial charge is 0.0546 e. The predicted molar refractivity (Wildman–Crippen MR) is 31.3 cm³/mol. The summed E-state index contributed by atoms with van der Waals surface area (Å²) in [6.07, 6.45) is 2.09. The SMILES string of the molecule is CC(O)C/C=C/Cl. The molecule has 0 aliphatic carbocycles. The molecule has 7 heavy (non-hydrogen) atoms. The monoisotopic (exact) mass is 120 g/mol. The number of aliphatic hydroxyl groups is 1. The van der Waals surface area contributed by atoms with E-state index >= 15 is 0 Å². The maximum atomic E-state index is 8.57. The molecule has 0 aliphatic heterocycles. The fraction of sp³-hybridized carbons (Fsp3) is 0.600. The molecule has 0 fully saturated rings. The lowest BCUT2D eigenvalue weighted by Crippen LogP contribution is -1.94. The molecule has 0 spiro atoms. The van der Waals surface area contributed by atoms with Crippen molar-refractivity contribution < 1.29 is 5.11 Å². The van der Waals surface area contributed by atoms with E-state index in [0.717, 1.165) is 0 Å². The first-order valence-electron chi connectivity index (χ1n) is 2.20. The van der Waals surface area contributed by atoms with Gasteiger partial charge in [-0.25, -0.2) is 0 Å². The Morgan fingerprint density at radius 1 is 1.86 bits per heavy atom.